The van der Waals surface area contributed by atoms with E-state index < -0.39 is 62.9 Å². The second-order valence-corrected chi connectivity index (χ2v) is 49.9. The molecule has 0 bridgehead atoms. The first-order chi connectivity index (χ1) is 21.0. The third-order valence-electron chi connectivity index (χ3n) is 7.95. The minimum Gasteiger partial charge on any atom is -0.794 e. The molecule has 266 valence electrons. The van der Waals surface area contributed by atoms with Gasteiger partial charge in [0.15, 0.2) is 0 Å². The van der Waals surface area contributed by atoms with Crippen molar-refractivity contribution in [2.24, 2.45) is 0 Å². The van der Waals surface area contributed by atoms with Gasteiger partial charge in [0.2, 0.25) is 0 Å². The maximum atomic E-state index is 4.38. The predicted molar refractivity (Wildman–Crippen MR) is 231 cm³/mol. The molecule has 0 aromatic heterocycles. The summed E-state index contributed by atoms with van der Waals surface area (Å²) in [6.07, 6.45) is 26.5. The maximum absolute atomic E-state index is 4.38. The molecule has 0 radical (unpaired) electrons. The van der Waals surface area contributed by atoms with E-state index in [9.17, 15) is 0 Å². The molecule has 0 aliphatic carbocycles. The molecule has 8 heteroatoms. The predicted octanol–water partition coefficient (Wildman–Crippen LogP) is 15.5. The van der Waals surface area contributed by atoms with Crippen molar-refractivity contribution < 1.29 is 0 Å². The fourth-order valence-electron chi connectivity index (χ4n) is 4.97. The van der Waals surface area contributed by atoms with E-state index in [1.54, 1.807) is 39.9 Å². The maximum Gasteiger partial charge on any atom is -0.177 e. The van der Waals surface area contributed by atoms with Gasteiger partial charge in [-0.15, -0.1) is 0 Å². The molecule has 0 nitrogen and oxygen atoms in total. The van der Waals surface area contributed by atoms with Crippen LogP contribution in [0.15, 0.2) is 0 Å². The summed E-state index contributed by atoms with van der Waals surface area (Å²) in [6, 6.07) is 0. The van der Waals surface area contributed by atoms with Crippen molar-refractivity contribution in [2.45, 2.75) is 218 Å². The zero-order valence-electron chi connectivity index (χ0n) is 31.7. The summed E-state index contributed by atoms with van der Waals surface area (Å²) < 4.78 is 13.1. The van der Waals surface area contributed by atoms with Crippen LogP contribution < -0.4 is 0 Å². The normalized spacial score (nSPS) is 10.5. The first-order valence-electron chi connectivity index (χ1n) is 19.3. The Kier molecular flexibility index (Phi) is 58.7. The van der Waals surface area contributed by atoms with Crippen LogP contribution in [0.5, 0.6) is 0 Å². The van der Waals surface area contributed by atoms with E-state index in [-0.39, 0.29) is 0 Å². The van der Waals surface area contributed by atoms with E-state index in [2.05, 4.69) is 111 Å². The monoisotopic (exact) mass is 1030 g/mol. The van der Waals surface area contributed by atoms with Crippen LogP contribution in [0.3, 0.4) is 0 Å². The number of hydrogen-bond donors (Lipinski definition) is 0. The summed E-state index contributed by atoms with van der Waals surface area (Å²) in [4.78, 5) is 0. The van der Waals surface area contributed by atoms with Gasteiger partial charge in [0.05, 0.1) is 0 Å². The van der Waals surface area contributed by atoms with Crippen molar-refractivity contribution in [1.82, 2.24) is 0 Å². The average Bonchev–Trinajstić information content (AvgIpc) is 2.99. The van der Waals surface area contributed by atoms with Crippen molar-refractivity contribution in [3.63, 3.8) is 0 Å². The first kappa shape index (κ1) is 54.9. The fourth-order valence-corrected chi connectivity index (χ4v) is 33.3. The molecule has 0 spiro atoms. The molecule has 0 amide bonds. The summed E-state index contributed by atoms with van der Waals surface area (Å²) in [5.74, 6) is 0. The second kappa shape index (κ2) is 47.1. The Morgan fingerprint density at radius 2 is 0.409 bits per heavy atom. The van der Waals surface area contributed by atoms with Gasteiger partial charge in [0.25, 0.3) is 0 Å². The quantitative estimate of drug-likeness (QED) is 0.0457. The molecule has 0 aromatic rings. The summed E-state index contributed by atoms with van der Waals surface area (Å²) in [5, 5.41) is 0. The molecule has 0 rings (SSSR count). The van der Waals surface area contributed by atoms with Gasteiger partial charge >= 0.3 is 277 Å². The fraction of sp³-hybridized carbons (Fsp3) is 1.00. The van der Waals surface area contributed by atoms with Gasteiger partial charge in [-0.05, 0) is 0 Å². The standard InChI is InChI=1S/9C4H9.H3PS4.3Sn/c9*1-3-4-2;2-1(3,4)5;;;/h9*1,3-4H2,2H3;(H3,2,3,4,5);;;/q;;;;;;;;;;3*+1/p-3. The van der Waals surface area contributed by atoms with Crippen molar-refractivity contribution in [2.75, 3.05) is 0 Å². The minimum absolute atomic E-state index is 0.839. The molecule has 0 unspecified atom stereocenters. The van der Waals surface area contributed by atoms with Crippen LogP contribution in [0.2, 0.25) is 39.9 Å². The van der Waals surface area contributed by atoms with Crippen LogP contribution in [-0.2, 0) is 48.6 Å². The van der Waals surface area contributed by atoms with Crippen LogP contribution in [0.4, 0.5) is 0 Å². The Morgan fingerprint density at radius 1 is 0.318 bits per heavy atom. The van der Waals surface area contributed by atoms with Gasteiger partial charge in [0.1, 0.15) is 0 Å². The summed E-state index contributed by atoms with van der Waals surface area (Å²) in [6.45, 7) is 21.0. The average molecular weight is 1030 g/mol. The van der Waals surface area contributed by atoms with Gasteiger partial charge in [-0.2, -0.15) is 11.8 Å². The Balaban J connectivity index is -0.000000253. The first-order valence-corrected chi connectivity index (χ1v) is 43.3. The summed E-state index contributed by atoms with van der Waals surface area (Å²) >= 11 is 15.0. The van der Waals surface area contributed by atoms with Crippen LogP contribution in [-0.4, -0.2) is 59.3 Å². The van der Waals surface area contributed by atoms with Crippen molar-refractivity contribution >= 4 is 111 Å². The van der Waals surface area contributed by atoms with Crippen LogP contribution in [0, 0.1) is 0 Å². The molecule has 0 heterocycles. The Labute approximate surface area is 325 Å². The molecule has 0 atom stereocenters. The molecule has 0 aliphatic rings. The third kappa shape index (κ3) is 58.3. The number of hydrogen-bond acceptors (Lipinski definition) is 4. The Bertz CT molecular complexity index is 415. The molecule has 0 aliphatic heterocycles. The third-order valence-corrected chi connectivity index (χ3v) is 35.2. The van der Waals surface area contributed by atoms with Gasteiger partial charge in [-0.25, -0.2) is 0 Å². The molecule has 0 saturated heterocycles. The summed E-state index contributed by atoms with van der Waals surface area (Å²) in [5.41, 5.74) is 0. The second-order valence-electron chi connectivity index (χ2n) is 12.6. The topological polar surface area (TPSA) is 0 Å². The summed E-state index contributed by atoms with van der Waals surface area (Å²) in [7, 11) is 0. The van der Waals surface area contributed by atoms with Crippen LogP contribution in [0.1, 0.15) is 178 Å². The molecular weight excluding hydrogens is 948 g/mol. The van der Waals surface area contributed by atoms with E-state index in [1.807, 2.05) is 0 Å². The largest absolute Gasteiger partial charge is 0.794 e. The SMILES string of the molecule is CCC[CH2][Sn+]([CH2]CCC)[CH2]CCC.CCC[CH2][Sn+]([CH2]CCC)[CH2]CCC.CCC[CH2][Sn+]([CH2]CCC)[CH2]CCC.S=P([S-])([S-])[S-]. The van der Waals surface area contributed by atoms with Crippen molar-refractivity contribution in [3.05, 3.63) is 0 Å². The smallest absolute Gasteiger partial charge is 0.177 e. The van der Waals surface area contributed by atoms with Gasteiger partial charge in [0, 0.05) is 0 Å². The van der Waals surface area contributed by atoms with Crippen molar-refractivity contribution in [1.29, 1.82) is 0 Å². The van der Waals surface area contributed by atoms with E-state index in [0.717, 1.165) is 0 Å². The van der Waals surface area contributed by atoms with E-state index in [1.165, 1.54) is 116 Å². The van der Waals surface area contributed by atoms with E-state index in [4.69, 9.17) is 0 Å². The molecular formula is C36H81PS4Sn3. The van der Waals surface area contributed by atoms with E-state index in [0.29, 0.717) is 0 Å². The molecule has 0 fully saturated rings. The minimum atomic E-state index is -2.06. The molecule has 0 N–H and O–H groups in total. The zero-order chi connectivity index (χ0) is 34.3. The van der Waals surface area contributed by atoms with Crippen LogP contribution >= 0.6 is 3.64 Å². The Morgan fingerprint density at radius 3 is 0.477 bits per heavy atom. The molecule has 0 aromatic carbocycles. The number of rotatable bonds is 27. The van der Waals surface area contributed by atoms with Crippen molar-refractivity contribution in [3.8, 4) is 0 Å². The van der Waals surface area contributed by atoms with E-state index >= 15 is 0 Å². The molecule has 44 heavy (non-hydrogen) atoms. The molecule has 0 saturated carbocycles. The number of unbranched alkanes of at least 4 members (excludes halogenated alkanes) is 9. The van der Waals surface area contributed by atoms with Gasteiger partial charge < -0.3 is 40.4 Å². The van der Waals surface area contributed by atoms with Crippen LogP contribution in [0.25, 0.3) is 0 Å². The van der Waals surface area contributed by atoms with Gasteiger partial charge in [-0.1, -0.05) is 0 Å². The Hall–Kier alpha value is 4.10. The zero-order valence-corrected chi connectivity index (χ0v) is 44.4. The van der Waals surface area contributed by atoms with Gasteiger partial charge in [-0.3, -0.25) is 0 Å².